The summed E-state index contributed by atoms with van der Waals surface area (Å²) in [5.74, 6) is 0.213. The van der Waals surface area contributed by atoms with Crippen LogP contribution in [0.25, 0.3) is 0 Å². The molecular weight excluding hydrogens is 326 g/mol. The van der Waals surface area contributed by atoms with Crippen LogP contribution in [0.4, 0.5) is 10.6 Å². The highest BCUT2D eigenvalue weighted by Crippen LogP contribution is 2.27. The molecule has 3 N–H and O–H groups in total. The fourth-order valence-corrected chi connectivity index (χ4v) is 2.69. The predicted octanol–water partition coefficient (Wildman–Crippen LogP) is 2.44. The van der Waals surface area contributed by atoms with Gasteiger partial charge in [0.25, 0.3) is 0 Å². The Morgan fingerprint density at radius 1 is 1.45 bits per heavy atom. The van der Waals surface area contributed by atoms with Gasteiger partial charge in [-0.15, -0.1) is 0 Å². The summed E-state index contributed by atoms with van der Waals surface area (Å²) in [6.45, 7) is 0. The second-order valence-corrected chi connectivity index (χ2v) is 5.69. The third kappa shape index (κ3) is 4.19. The quantitative estimate of drug-likeness (QED) is 0.882. The summed E-state index contributed by atoms with van der Waals surface area (Å²) in [4.78, 5) is 27.0. The lowest BCUT2D eigenvalue weighted by molar-refractivity contribution is -0.122. The van der Waals surface area contributed by atoms with Crippen molar-refractivity contribution in [2.45, 2.75) is 31.8 Å². The molecule has 108 valence electrons. The van der Waals surface area contributed by atoms with Crippen molar-refractivity contribution in [2.75, 3.05) is 5.32 Å². The first kappa shape index (κ1) is 14.8. The number of halogens is 1. The average Bonchev–Trinajstić information content (AvgIpc) is 2.38. The van der Waals surface area contributed by atoms with E-state index in [1.165, 1.54) is 0 Å². The molecule has 1 aliphatic carbocycles. The van der Waals surface area contributed by atoms with Gasteiger partial charge in [0.1, 0.15) is 11.9 Å². The van der Waals surface area contributed by atoms with Crippen molar-refractivity contribution in [1.82, 2.24) is 4.98 Å². The lowest BCUT2D eigenvalue weighted by Crippen LogP contribution is -2.33. The number of hydrogen-bond acceptors (Lipinski definition) is 4. The summed E-state index contributed by atoms with van der Waals surface area (Å²) < 4.78 is 5.83. The fourth-order valence-electron chi connectivity index (χ4n) is 2.36. The monoisotopic (exact) mass is 341 g/mol. The molecule has 0 aromatic carbocycles. The minimum Gasteiger partial charge on any atom is -0.446 e. The Balaban J connectivity index is 1.93. The van der Waals surface area contributed by atoms with E-state index < -0.39 is 6.09 Å². The number of nitrogens with zero attached hydrogens (tertiary/aromatic N) is 1. The standard InChI is InChI=1S/C13H16BrN3O3/c14-9-4-5-16-11(7-9)17-12(18)8-2-1-3-10(6-8)20-13(15)19/h4-5,7-8,10H,1-3,6H2,(H2,15,19)(H,16,17,18)/t8-,10+/m0/s1. The molecule has 6 nitrogen and oxygen atoms in total. The molecule has 1 heterocycles. The summed E-state index contributed by atoms with van der Waals surface area (Å²) in [5.41, 5.74) is 5.01. The molecule has 1 aromatic rings. The number of nitrogens with two attached hydrogens (primary N) is 1. The van der Waals surface area contributed by atoms with Crippen LogP contribution in [0.2, 0.25) is 0 Å². The minimum atomic E-state index is -0.787. The predicted molar refractivity (Wildman–Crippen MR) is 77.0 cm³/mol. The first-order chi connectivity index (χ1) is 9.54. The van der Waals surface area contributed by atoms with Gasteiger partial charge in [0.2, 0.25) is 5.91 Å². The Hall–Kier alpha value is -1.63. The molecule has 1 fully saturated rings. The summed E-state index contributed by atoms with van der Waals surface area (Å²) in [7, 11) is 0. The van der Waals surface area contributed by atoms with Crippen LogP contribution in [-0.4, -0.2) is 23.1 Å². The summed E-state index contributed by atoms with van der Waals surface area (Å²) >= 11 is 3.32. The zero-order valence-corrected chi connectivity index (χ0v) is 12.4. The number of carbonyl (C=O) groups excluding carboxylic acids is 2. The highest BCUT2D eigenvalue weighted by Gasteiger charge is 2.29. The Kier molecular flexibility index (Phi) is 4.94. The number of primary amides is 1. The van der Waals surface area contributed by atoms with Gasteiger partial charge in [-0.2, -0.15) is 0 Å². The van der Waals surface area contributed by atoms with Gasteiger partial charge < -0.3 is 15.8 Å². The Bertz CT molecular complexity index is 509. The van der Waals surface area contributed by atoms with Crippen molar-refractivity contribution in [3.8, 4) is 0 Å². The zero-order chi connectivity index (χ0) is 14.5. The number of amides is 2. The van der Waals surface area contributed by atoms with Crippen LogP contribution in [0.5, 0.6) is 0 Å². The van der Waals surface area contributed by atoms with Crippen LogP contribution >= 0.6 is 15.9 Å². The van der Waals surface area contributed by atoms with E-state index in [2.05, 4.69) is 26.2 Å². The molecule has 0 aliphatic heterocycles. The van der Waals surface area contributed by atoms with E-state index in [0.29, 0.717) is 12.2 Å². The van der Waals surface area contributed by atoms with E-state index in [4.69, 9.17) is 10.5 Å². The maximum Gasteiger partial charge on any atom is 0.404 e. The van der Waals surface area contributed by atoms with Gasteiger partial charge in [-0.1, -0.05) is 15.9 Å². The highest BCUT2D eigenvalue weighted by atomic mass is 79.9. The molecule has 1 aliphatic rings. The summed E-state index contributed by atoms with van der Waals surface area (Å²) in [6, 6.07) is 3.52. The Morgan fingerprint density at radius 2 is 2.25 bits per heavy atom. The van der Waals surface area contributed by atoms with E-state index in [0.717, 1.165) is 23.7 Å². The molecule has 20 heavy (non-hydrogen) atoms. The van der Waals surface area contributed by atoms with Crippen molar-refractivity contribution in [3.63, 3.8) is 0 Å². The summed E-state index contributed by atoms with van der Waals surface area (Å²) in [6.07, 6.45) is 3.42. The Labute approximate surface area is 125 Å². The average molecular weight is 342 g/mol. The van der Waals surface area contributed by atoms with Crippen molar-refractivity contribution < 1.29 is 14.3 Å². The Morgan fingerprint density at radius 3 is 2.95 bits per heavy atom. The van der Waals surface area contributed by atoms with E-state index in [1.807, 2.05) is 0 Å². The number of anilines is 1. The van der Waals surface area contributed by atoms with E-state index in [1.54, 1.807) is 18.3 Å². The number of ether oxygens (including phenoxy) is 1. The van der Waals surface area contributed by atoms with Gasteiger partial charge in [0, 0.05) is 16.6 Å². The number of carbonyl (C=O) groups is 2. The van der Waals surface area contributed by atoms with Gasteiger partial charge in [0.05, 0.1) is 0 Å². The van der Waals surface area contributed by atoms with Crippen molar-refractivity contribution >= 4 is 33.7 Å². The zero-order valence-electron chi connectivity index (χ0n) is 10.8. The first-order valence-corrected chi connectivity index (χ1v) is 7.22. The van der Waals surface area contributed by atoms with E-state index in [-0.39, 0.29) is 17.9 Å². The number of aromatic nitrogens is 1. The number of nitrogens with one attached hydrogen (secondary N) is 1. The molecule has 7 heteroatoms. The van der Waals surface area contributed by atoms with Crippen molar-refractivity contribution in [1.29, 1.82) is 0 Å². The van der Waals surface area contributed by atoms with E-state index >= 15 is 0 Å². The number of pyridine rings is 1. The summed E-state index contributed by atoms with van der Waals surface area (Å²) in [5, 5.41) is 2.77. The molecule has 0 saturated heterocycles. The normalized spacial score (nSPS) is 22.1. The molecule has 1 aromatic heterocycles. The van der Waals surface area contributed by atoms with Crippen molar-refractivity contribution in [3.05, 3.63) is 22.8 Å². The van der Waals surface area contributed by atoms with Crippen LogP contribution in [0.1, 0.15) is 25.7 Å². The SMILES string of the molecule is NC(=O)O[C@@H]1CCC[C@H](C(=O)Nc2cc(Br)ccn2)C1. The second kappa shape index (κ2) is 6.69. The molecular formula is C13H16BrN3O3. The first-order valence-electron chi connectivity index (χ1n) is 6.43. The largest absolute Gasteiger partial charge is 0.446 e. The van der Waals surface area contributed by atoms with Crippen LogP contribution in [0.15, 0.2) is 22.8 Å². The molecule has 2 atom stereocenters. The van der Waals surface area contributed by atoms with Gasteiger partial charge in [0.15, 0.2) is 0 Å². The number of hydrogen-bond donors (Lipinski definition) is 2. The van der Waals surface area contributed by atoms with Crippen LogP contribution in [0.3, 0.4) is 0 Å². The van der Waals surface area contributed by atoms with Crippen LogP contribution in [0, 0.1) is 5.92 Å². The second-order valence-electron chi connectivity index (χ2n) is 4.77. The molecule has 2 amide bonds. The third-order valence-electron chi connectivity index (χ3n) is 3.25. The maximum absolute atomic E-state index is 12.2. The minimum absolute atomic E-state index is 0.103. The van der Waals surface area contributed by atoms with Crippen LogP contribution in [-0.2, 0) is 9.53 Å². The van der Waals surface area contributed by atoms with Gasteiger partial charge in [-0.05, 0) is 37.8 Å². The molecule has 1 saturated carbocycles. The highest BCUT2D eigenvalue weighted by molar-refractivity contribution is 9.10. The number of rotatable bonds is 3. The molecule has 2 rings (SSSR count). The van der Waals surface area contributed by atoms with E-state index in [9.17, 15) is 9.59 Å². The smallest absolute Gasteiger partial charge is 0.404 e. The van der Waals surface area contributed by atoms with Crippen LogP contribution < -0.4 is 11.1 Å². The lowest BCUT2D eigenvalue weighted by atomic mass is 9.86. The maximum atomic E-state index is 12.2. The van der Waals surface area contributed by atoms with Gasteiger partial charge in [-0.25, -0.2) is 9.78 Å². The molecule has 0 radical (unpaired) electrons. The van der Waals surface area contributed by atoms with Crippen molar-refractivity contribution in [2.24, 2.45) is 11.7 Å². The fraction of sp³-hybridized carbons (Fsp3) is 0.462. The topological polar surface area (TPSA) is 94.3 Å². The molecule has 0 unspecified atom stereocenters. The molecule has 0 bridgehead atoms. The van der Waals surface area contributed by atoms with Gasteiger partial charge in [-0.3, -0.25) is 4.79 Å². The third-order valence-corrected chi connectivity index (χ3v) is 3.75. The molecule has 0 spiro atoms. The van der Waals surface area contributed by atoms with Gasteiger partial charge >= 0.3 is 6.09 Å². The lowest BCUT2D eigenvalue weighted by Gasteiger charge is -2.27.